The van der Waals surface area contributed by atoms with Gasteiger partial charge in [0, 0.05) is 22.5 Å². The van der Waals surface area contributed by atoms with Crippen LogP contribution >= 0.6 is 11.6 Å². The van der Waals surface area contributed by atoms with Gasteiger partial charge in [0.05, 0.1) is 0 Å². The first kappa shape index (κ1) is 23.5. The normalized spacial score (nSPS) is 16.3. The highest BCUT2D eigenvalue weighted by molar-refractivity contribution is 7.87. The fourth-order valence-electron chi connectivity index (χ4n) is 4.23. The Bertz CT molecular complexity index is 1220. The summed E-state index contributed by atoms with van der Waals surface area (Å²) in [5, 5.41) is 0.302. The summed E-state index contributed by atoms with van der Waals surface area (Å²) < 4.78 is 30.4. The van der Waals surface area contributed by atoms with Crippen LogP contribution in [0.5, 0.6) is 5.75 Å². The van der Waals surface area contributed by atoms with Crippen molar-refractivity contribution in [3.63, 3.8) is 0 Å². The van der Waals surface area contributed by atoms with Crippen LogP contribution in [0.4, 0.5) is 0 Å². The molecule has 1 fully saturated rings. The zero-order valence-corrected chi connectivity index (χ0v) is 19.9. The number of Topliss-reactive ketones (excluding diaryl/α,β-unsaturated/α-hetero) is 1. The van der Waals surface area contributed by atoms with E-state index in [0.29, 0.717) is 16.6 Å². The molecule has 1 unspecified atom stereocenters. The summed E-state index contributed by atoms with van der Waals surface area (Å²) in [6.45, 7) is 3.87. The van der Waals surface area contributed by atoms with Gasteiger partial charge in [-0.1, -0.05) is 60.1 Å². The van der Waals surface area contributed by atoms with E-state index < -0.39 is 10.1 Å². The van der Waals surface area contributed by atoms with Crippen molar-refractivity contribution in [1.29, 1.82) is 0 Å². The van der Waals surface area contributed by atoms with Gasteiger partial charge in [-0.05, 0) is 68.8 Å². The zero-order valence-electron chi connectivity index (χ0n) is 18.4. The van der Waals surface area contributed by atoms with Gasteiger partial charge in [-0.2, -0.15) is 8.42 Å². The molecule has 3 aromatic rings. The molecule has 172 valence electrons. The second kappa shape index (κ2) is 10.1. The number of piperidine rings is 1. The van der Waals surface area contributed by atoms with Crippen LogP contribution in [-0.4, -0.2) is 32.2 Å². The van der Waals surface area contributed by atoms with Crippen molar-refractivity contribution in [3.8, 4) is 5.75 Å². The Kier molecular flexibility index (Phi) is 7.17. The van der Waals surface area contributed by atoms with Gasteiger partial charge in [0.25, 0.3) is 0 Å². The third-order valence-electron chi connectivity index (χ3n) is 6.14. The molecule has 1 saturated heterocycles. The maximum absolute atomic E-state index is 13.1. The second-order valence-electron chi connectivity index (χ2n) is 8.28. The number of ketones is 1. The first-order valence-corrected chi connectivity index (χ1v) is 12.8. The number of hydrogen-bond donors (Lipinski definition) is 0. The van der Waals surface area contributed by atoms with Crippen molar-refractivity contribution in [2.75, 3.05) is 13.1 Å². The SMILES string of the molecule is CC(c1ccccc1)N1CCC(C(=O)c2cccc(OS(=O)(=O)c3cccc(Cl)c3)c2)CC1. The molecule has 1 atom stereocenters. The van der Waals surface area contributed by atoms with Gasteiger partial charge in [-0.15, -0.1) is 0 Å². The quantitative estimate of drug-likeness (QED) is 0.315. The summed E-state index contributed by atoms with van der Waals surface area (Å²) in [6.07, 6.45) is 1.53. The minimum Gasteiger partial charge on any atom is -0.379 e. The van der Waals surface area contributed by atoms with Crippen molar-refractivity contribution in [1.82, 2.24) is 4.90 Å². The Morgan fingerprint density at radius 3 is 2.36 bits per heavy atom. The predicted octanol–water partition coefficient (Wildman–Crippen LogP) is 5.76. The number of likely N-dealkylation sites (tertiary alicyclic amines) is 1. The van der Waals surface area contributed by atoms with E-state index in [0.717, 1.165) is 25.9 Å². The number of hydrogen-bond acceptors (Lipinski definition) is 5. The van der Waals surface area contributed by atoms with Gasteiger partial charge in [0.2, 0.25) is 0 Å². The molecular formula is C26H26ClNO4S. The zero-order chi connectivity index (χ0) is 23.4. The smallest absolute Gasteiger partial charge is 0.339 e. The van der Waals surface area contributed by atoms with Crippen LogP contribution in [0.2, 0.25) is 5.02 Å². The lowest BCUT2D eigenvalue weighted by atomic mass is 9.88. The van der Waals surface area contributed by atoms with E-state index in [4.69, 9.17) is 15.8 Å². The molecule has 0 N–H and O–H groups in total. The molecule has 4 rings (SSSR count). The molecule has 0 radical (unpaired) electrons. The Balaban J connectivity index is 1.41. The number of benzene rings is 3. The molecule has 0 saturated carbocycles. The molecule has 0 aromatic heterocycles. The second-order valence-corrected chi connectivity index (χ2v) is 10.3. The van der Waals surface area contributed by atoms with Crippen LogP contribution in [0.15, 0.2) is 83.8 Å². The number of halogens is 1. The first-order valence-electron chi connectivity index (χ1n) is 11.0. The number of nitrogens with zero attached hydrogens (tertiary/aromatic N) is 1. The van der Waals surface area contributed by atoms with Crippen LogP contribution in [0.3, 0.4) is 0 Å². The summed E-state index contributed by atoms with van der Waals surface area (Å²) in [5.74, 6) is 0.0348. The van der Waals surface area contributed by atoms with E-state index >= 15 is 0 Å². The van der Waals surface area contributed by atoms with Crippen LogP contribution in [0.25, 0.3) is 0 Å². The topological polar surface area (TPSA) is 63.7 Å². The fraction of sp³-hybridized carbons (Fsp3) is 0.269. The van der Waals surface area contributed by atoms with E-state index in [1.807, 2.05) is 18.2 Å². The summed E-state index contributed by atoms with van der Waals surface area (Å²) in [4.78, 5) is 15.5. The van der Waals surface area contributed by atoms with Crippen molar-refractivity contribution in [2.24, 2.45) is 5.92 Å². The summed E-state index contributed by atoms with van der Waals surface area (Å²) in [7, 11) is -4.05. The Morgan fingerprint density at radius 1 is 0.970 bits per heavy atom. The maximum atomic E-state index is 13.1. The molecule has 0 spiro atoms. The van der Waals surface area contributed by atoms with Gasteiger partial charge in [0.15, 0.2) is 5.78 Å². The Hall–Kier alpha value is -2.67. The molecule has 0 aliphatic carbocycles. The van der Waals surface area contributed by atoms with Crippen LogP contribution in [0.1, 0.15) is 41.7 Å². The van der Waals surface area contributed by atoms with Crippen LogP contribution in [0, 0.1) is 5.92 Å². The lowest BCUT2D eigenvalue weighted by Gasteiger charge is -2.35. The lowest BCUT2D eigenvalue weighted by Crippen LogP contribution is -2.37. The minimum atomic E-state index is -4.05. The van der Waals surface area contributed by atoms with Crippen molar-refractivity contribution in [2.45, 2.75) is 30.7 Å². The van der Waals surface area contributed by atoms with E-state index in [1.54, 1.807) is 24.3 Å². The van der Waals surface area contributed by atoms with E-state index in [9.17, 15) is 13.2 Å². The van der Waals surface area contributed by atoms with Gasteiger partial charge in [0.1, 0.15) is 10.6 Å². The number of rotatable bonds is 7. The Morgan fingerprint density at radius 2 is 1.67 bits per heavy atom. The van der Waals surface area contributed by atoms with Gasteiger partial charge in [-0.25, -0.2) is 0 Å². The van der Waals surface area contributed by atoms with E-state index in [-0.39, 0.29) is 22.3 Å². The molecule has 1 aliphatic heterocycles. The van der Waals surface area contributed by atoms with Gasteiger partial charge < -0.3 is 4.18 Å². The molecule has 3 aromatic carbocycles. The Labute approximate surface area is 200 Å². The largest absolute Gasteiger partial charge is 0.379 e. The standard InChI is InChI=1S/C26H26ClNO4S/c1-19(20-7-3-2-4-8-20)28-15-13-21(14-16-28)26(29)22-9-5-11-24(17-22)32-33(30,31)25-12-6-10-23(27)18-25/h2-12,17-19,21H,13-16H2,1H3. The molecule has 5 nitrogen and oxygen atoms in total. The van der Waals surface area contributed by atoms with E-state index in [1.165, 1.54) is 29.8 Å². The minimum absolute atomic E-state index is 0.0209. The molecule has 7 heteroatoms. The van der Waals surface area contributed by atoms with Crippen molar-refractivity contribution >= 4 is 27.5 Å². The average Bonchev–Trinajstić information content (AvgIpc) is 2.84. The lowest BCUT2D eigenvalue weighted by molar-refractivity contribution is 0.0801. The average molecular weight is 484 g/mol. The van der Waals surface area contributed by atoms with Gasteiger partial charge >= 0.3 is 10.1 Å². The van der Waals surface area contributed by atoms with Crippen molar-refractivity contribution in [3.05, 3.63) is 95.0 Å². The van der Waals surface area contributed by atoms with Crippen molar-refractivity contribution < 1.29 is 17.4 Å². The first-order chi connectivity index (χ1) is 15.8. The summed E-state index contributed by atoms with van der Waals surface area (Å²) in [5.41, 5.74) is 1.73. The molecule has 0 bridgehead atoms. The third-order valence-corrected chi connectivity index (χ3v) is 7.62. The molecule has 1 heterocycles. The number of carbonyl (C=O) groups is 1. The highest BCUT2D eigenvalue weighted by Gasteiger charge is 2.28. The monoisotopic (exact) mass is 483 g/mol. The molecular weight excluding hydrogens is 458 g/mol. The molecule has 1 aliphatic rings. The van der Waals surface area contributed by atoms with Crippen LogP contribution < -0.4 is 4.18 Å². The molecule has 0 amide bonds. The fourth-order valence-corrected chi connectivity index (χ4v) is 5.45. The number of carbonyl (C=O) groups excluding carboxylic acids is 1. The van der Waals surface area contributed by atoms with Gasteiger partial charge in [-0.3, -0.25) is 9.69 Å². The highest BCUT2D eigenvalue weighted by Crippen LogP contribution is 2.29. The predicted molar refractivity (Wildman–Crippen MR) is 129 cm³/mol. The summed E-state index contributed by atoms with van der Waals surface area (Å²) in [6, 6.07) is 22.9. The van der Waals surface area contributed by atoms with E-state index in [2.05, 4.69) is 24.0 Å². The molecule has 33 heavy (non-hydrogen) atoms. The van der Waals surface area contributed by atoms with Crippen LogP contribution in [-0.2, 0) is 10.1 Å². The maximum Gasteiger partial charge on any atom is 0.339 e. The summed E-state index contributed by atoms with van der Waals surface area (Å²) >= 11 is 5.90. The highest BCUT2D eigenvalue weighted by atomic mass is 35.5. The third kappa shape index (κ3) is 5.64.